The molecular formula is C17H24F3N3O5S. The van der Waals surface area contributed by atoms with Crippen LogP contribution >= 0.6 is 0 Å². The molecule has 0 spiro atoms. The molecule has 1 aromatic heterocycles. The Balaban J connectivity index is 1.80. The van der Waals surface area contributed by atoms with Crippen molar-refractivity contribution in [1.82, 2.24) is 9.29 Å². The number of carbonyl (C=O) groups excluding carboxylic acids is 1. The number of anilines is 1. The Kier molecular flexibility index (Phi) is 8.23. The number of hydrogen-bond donors (Lipinski definition) is 0. The highest BCUT2D eigenvalue weighted by atomic mass is 32.2. The molecule has 2 rings (SSSR count). The van der Waals surface area contributed by atoms with Gasteiger partial charge in [-0.2, -0.15) is 17.5 Å². The van der Waals surface area contributed by atoms with Gasteiger partial charge >= 0.3 is 12.1 Å². The van der Waals surface area contributed by atoms with Crippen molar-refractivity contribution in [2.45, 2.75) is 19.5 Å². The molecule has 2 heterocycles. The first kappa shape index (κ1) is 23.4. The van der Waals surface area contributed by atoms with Crippen LogP contribution in [0.4, 0.5) is 18.9 Å². The van der Waals surface area contributed by atoms with Crippen LogP contribution in [-0.2, 0) is 30.5 Å². The molecule has 0 aliphatic carbocycles. The minimum absolute atomic E-state index is 0.105. The zero-order valence-electron chi connectivity index (χ0n) is 16.0. The number of ether oxygens (including phenoxy) is 2. The van der Waals surface area contributed by atoms with Gasteiger partial charge < -0.3 is 14.4 Å². The van der Waals surface area contributed by atoms with Crippen LogP contribution in [0.15, 0.2) is 18.5 Å². The SMILES string of the molecule is CCOC(=O)COCCCS(=O)(=O)N1CCN(c2cncc(C(F)(F)F)c2)CC1. The van der Waals surface area contributed by atoms with Crippen LogP contribution in [0, 0.1) is 0 Å². The molecule has 12 heteroatoms. The van der Waals surface area contributed by atoms with Gasteiger partial charge in [0.2, 0.25) is 10.0 Å². The second-order valence-corrected chi connectivity index (χ2v) is 8.43. The van der Waals surface area contributed by atoms with Crippen molar-refractivity contribution >= 4 is 21.7 Å². The molecule has 0 radical (unpaired) electrons. The Bertz CT molecular complexity index is 781. The lowest BCUT2D eigenvalue weighted by Crippen LogP contribution is -2.49. The third kappa shape index (κ3) is 7.12. The summed E-state index contributed by atoms with van der Waals surface area (Å²) in [6.45, 7) is 2.67. The van der Waals surface area contributed by atoms with Crippen molar-refractivity contribution in [3.63, 3.8) is 0 Å². The molecule has 0 bridgehead atoms. The quantitative estimate of drug-likeness (QED) is 0.426. The number of nitrogens with zero attached hydrogens (tertiary/aromatic N) is 3. The monoisotopic (exact) mass is 439 g/mol. The molecule has 0 N–H and O–H groups in total. The van der Waals surface area contributed by atoms with Crippen LogP contribution in [-0.4, -0.2) is 75.4 Å². The maximum atomic E-state index is 12.8. The molecule has 164 valence electrons. The number of rotatable bonds is 9. The lowest BCUT2D eigenvalue weighted by atomic mass is 10.2. The van der Waals surface area contributed by atoms with Gasteiger partial charge in [0.1, 0.15) is 6.61 Å². The van der Waals surface area contributed by atoms with Gasteiger partial charge in [-0.05, 0) is 19.4 Å². The molecule has 0 saturated carbocycles. The van der Waals surface area contributed by atoms with Gasteiger partial charge in [0.05, 0.1) is 29.8 Å². The summed E-state index contributed by atoms with van der Waals surface area (Å²) in [5.41, 5.74) is -0.530. The van der Waals surface area contributed by atoms with E-state index in [-0.39, 0.29) is 58.2 Å². The first-order valence-electron chi connectivity index (χ1n) is 9.12. The number of aromatic nitrogens is 1. The summed E-state index contributed by atoms with van der Waals surface area (Å²) in [6, 6.07) is 1.01. The lowest BCUT2D eigenvalue weighted by Gasteiger charge is -2.35. The maximum Gasteiger partial charge on any atom is 0.417 e. The molecule has 1 aromatic rings. The number of hydrogen-bond acceptors (Lipinski definition) is 7. The average molecular weight is 439 g/mol. The molecule has 0 amide bonds. The van der Waals surface area contributed by atoms with Crippen molar-refractivity contribution in [2.24, 2.45) is 0 Å². The van der Waals surface area contributed by atoms with E-state index in [0.29, 0.717) is 5.69 Å². The third-order valence-electron chi connectivity index (χ3n) is 4.26. The minimum atomic E-state index is -4.48. The van der Waals surface area contributed by atoms with E-state index in [9.17, 15) is 26.4 Å². The van der Waals surface area contributed by atoms with Crippen LogP contribution in [0.5, 0.6) is 0 Å². The summed E-state index contributed by atoms with van der Waals surface area (Å²) < 4.78 is 74.4. The van der Waals surface area contributed by atoms with Crippen molar-refractivity contribution in [1.29, 1.82) is 0 Å². The predicted molar refractivity (Wildman–Crippen MR) is 98.9 cm³/mol. The van der Waals surface area contributed by atoms with Gasteiger partial charge in [0.15, 0.2) is 0 Å². The van der Waals surface area contributed by atoms with Crippen LogP contribution < -0.4 is 4.90 Å². The normalized spacial score (nSPS) is 16.1. The van der Waals surface area contributed by atoms with Gasteiger partial charge in [0, 0.05) is 39.0 Å². The van der Waals surface area contributed by atoms with Crippen LogP contribution in [0.2, 0.25) is 0 Å². The van der Waals surface area contributed by atoms with Crippen molar-refractivity contribution in [3.05, 3.63) is 24.0 Å². The number of piperazine rings is 1. The van der Waals surface area contributed by atoms with E-state index >= 15 is 0 Å². The van der Waals surface area contributed by atoms with Crippen molar-refractivity contribution in [2.75, 3.05) is 56.7 Å². The van der Waals surface area contributed by atoms with E-state index in [0.717, 1.165) is 12.3 Å². The van der Waals surface area contributed by atoms with Crippen molar-refractivity contribution in [3.8, 4) is 0 Å². The fraction of sp³-hybridized carbons (Fsp3) is 0.647. The number of sulfonamides is 1. The lowest BCUT2D eigenvalue weighted by molar-refractivity contribution is -0.148. The van der Waals surface area contributed by atoms with Crippen LogP contribution in [0.25, 0.3) is 0 Å². The Hall–Kier alpha value is -1.92. The Labute approximate surface area is 167 Å². The molecular weight excluding hydrogens is 415 g/mol. The first-order valence-corrected chi connectivity index (χ1v) is 10.7. The van der Waals surface area contributed by atoms with E-state index in [2.05, 4.69) is 4.98 Å². The summed E-state index contributed by atoms with van der Waals surface area (Å²) in [6.07, 6.45) is -2.17. The van der Waals surface area contributed by atoms with Crippen LogP contribution in [0.3, 0.4) is 0 Å². The van der Waals surface area contributed by atoms with Gasteiger partial charge in [-0.1, -0.05) is 0 Å². The van der Waals surface area contributed by atoms with E-state index in [1.165, 1.54) is 10.5 Å². The molecule has 0 aromatic carbocycles. The maximum absolute atomic E-state index is 12.8. The first-order chi connectivity index (χ1) is 13.6. The minimum Gasteiger partial charge on any atom is -0.464 e. The topological polar surface area (TPSA) is 89.0 Å². The summed E-state index contributed by atoms with van der Waals surface area (Å²) >= 11 is 0. The number of halogens is 3. The predicted octanol–water partition coefficient (Wildman–Crippen LogP) is 1.52. The molecule has 1 saturated heterocycles. The van der Waals surface area contributed by atoms with Crippen molar-refractivity contribution < 1.29 is 35.9 Å². The van der Waals surface area contributed by atoms with E-state index < -0.39 is 27.7 Å². The standard InChI is InChI=1S/C17H24F3N3O5S/c1-2-28-16(24)13-27-8-3-9-29(25,26)23-6-4-22(5-7-23)15-10-14(11-21-12-15)17(18,19)20/h10-12H,2-9,13H2,1H3. The summed E-state index contributed by atoms with van der Waals surface area (Å²) in [5, 5.41) is 0. The van der Waals surface area contributed by atoms with Gasteiger partial charge in [0.25, 0.3) is 0 Å². The number of carbonyl (C=O) groups is 1. The van der Waals surface area contributed by atoms with Gasteiger partial charge in [-0.3, -0.25) is 4.98 Å². The largest absolute Gasteiger partial charge is 0.464 e. The van der Waals surface area contributed by atoms with E-state index in [4.69, 9.17) is 9.47 Å². The third-order valence-corrected chi connectivity index (χ3v) is 6.22. The zero-order valence-corrected chi connectivity index (χ0v) is 16.8. The number of esters is 1. The van der Waals surface area contributed by atoms with Crippen LogP contribution in [0.1, 0.15) is 18.9 Å². The highest BCUT2D eigenvalue weighted by Crippen LogP contribution is 2.31. The highest BCUT2D eigenvalue weighted by molar-refractivity contribution is 7.89. The summed E-state index contributed by atoms with van der Waals surface area (Å²) in [4.78, 5) is 16.4. The molecule has 0 unspecified atom stereocenters. The molecule has 1 aliphatic heterocycles. The Morgan fingerprint density at radius 2 is 1.90 bits per heavy atom. The Morgan fingerprint density at radius 3 is 2.52 bits per heavy atom. The molecule has 8 nitrogen and oxygen atoms in total. The molecule has 1 fully saturated rings. The van der Waals surface area contributed by atoms with E-state index in [1.54, 1.807) is 11.8 Å². The number of pyridine rings is 1. The average Bonchev–Trinajstić information content (AvgIpc) is 2.67. The second kappa shape index (κ2) is 10.2. The summed E-state index contributed by atoms with van der Waals surface area (Å²) in [5.74, 6) is -0.642. The summed E-state index contributed by atoms with van der Waals surface area (Å²) in [7, 11) is -3.52. The van der Waals surface area contributed by atoms with Gasteiger partial charge in [-0.15, -0.1) is 0 Å². The zero-order chi connectivity index (χ0) is 21.5. The second-order valence-electron chi connectivity index (χ2n) is 6.34. The fourth-order valence-electron chi connectivity index (χ4n) is 2.81. The number of alkyl halides is 3. The molecule has 1 aliphatic rings. The van der Waals surface area contributed by atoms with Gasteiger partial charge in [-0.25, -0.2) is 13.2 Å². The highest BCUT2D eigenvalue weighted by Gasteiger charge is 2.32. The van der Waals surface area contributed by atoms with E-state index in [1.807, 2.05) is 0 Å². The smallest absolute Gasteiger partial charge is 0.417 e. The molecule has 29 heavy (non-hydrogen) atoms. The molecule has 0 atom stereocenters. The Morgan fingerprint density at radius 1 is 1.21 bits per heavy atom. The fourth-order valence-corrected chi connectivity index (χ4v) is 4.27.